The Hall–Kier alpha value is -0.860. The zero-order valence-corrected chi connectivity index (χ0v) is 12.2. The molecule has 1 aliphatic heterocycles. The molecular formula is C17H26N2. The molecule has 1 aromatic carbocycles. The molecule has 2 N–H and O–H groups in total. The second-order valence-electron chi connectivity index (χ2n) is 6.73. The lowest BCUT2D eigenvalue weighted by molar-refractivity contribution is 0.0159. The van der Waals surface area contributed by atoms with E-state index in [4.69, 9.17) is 5.73 Å². The second-order valence-corrected chi connectivity index (χ2v) is 6.73. The molecule has 1 saturated heterocycles. The Morgan fingerprint density at radius 3 is 2.37 bits per heavy atom. The number of rotatable bonds is 2. The SMILES string of the molecule is CC1CCC(C)N(C2(CN)Cc3ccccc3C2)C1. The fourth-order valence-electron chi connectivity index (χ4n) is 4.09. The van der Waals surface area contributed by atoms with E-state index in [0.717, 1.165) is 25.3 Å². The predicted molar refractivity (Wildman–Crippen MR) is 80.2 cm³/mol. The zero-order valence-electron chi connectivity index (χ0n) is 12.2. The number of nitrogens with two attached hydrogens (primary N) is 1. The normalized spacial score (nSPS) is 30.3. The van der Waals surface area contributed by atoms with Crippen molar-refractivity contribution in [3.05, 3.63) is 35.4 Å². The number of piperidine rings is 1. The van der Waals surface area contributed by atoms with Crippen molar-refractivity contribution in [2.45, 2.75) is 51.1 Å². The highest BCUT2D eigenvalue weighted by atomic mass is 15.2. The third-order valence-corrected chi connectivity index (χ3v) is 5.26. The van der Waals surface area contributed by atoms with Crippen LogP contribution in [0.15, 0.2) is 24.3 Å². The molecule has 2 heteroatoms. The van der Waals surface area contributed by atoms with Crippen LogP contribution in [-0.4, -0.2) is 29.6 Å². The Morgan fingerprint density at radius 2 is 1.79 bits per heavy atom. The topological polar surface area (TPSA) is 29.3 Å². The van der Waals surface area contributed by atoms with Crippen molar-refractivity contribution in [3.8, 4) is 0 Å². The smallest absolute Gasteiger partial charge is 0.0415 e. The highest BCUT2D eigenvalue weighted by Gasteiger charge is 2.44. The van der Waals surface area contributed by atoms with Gasteiger partial charge in [-0.3, -0.25) is 4.90 Å². The number of hydrogen-bond donors (Lipinski definition) is 1. The molecule has 3 rings (SSSR count). The van der Waals surface area contributed by atoms with Gasteiger partial charge in [0.05, 0.1) is 0 Å². The minimum atomic E-state index is 0.178. The van der Waals surface area contributed by atoms with E-state index in [1.165, 1.54) is 30.5 Å². The van der Waals surface area contributed by atoms with Gasteiger partial charge < -0.3 is 5.73 Å². The third kappa shape index (κ3) is 2.21. The molecule has 104 valence electrons. The largest absolute Gasteiger partial charge is 0.329 e. The lowest BCUT2D eigenvalue weighted by atomic mass is 9.85. The van der Waals surface area contributed by atoms with Crippen LogP contribution in [0.3, 0.4) is 0 Å². The number of likely N-dealkylation sites (tertiary alicyclic amines) is 1. The molecule has 1 aromatic rings. The van der Waals surface area contributed by atoms with Gasteiger partial charge in [-0.1, -0.05) is 31.2 Å². The molecule has 0 spiro atoms. The molecule has 0 amide bonds. The van der Waals surface area contributed by atoms with Crippen molar-refractivity contribution >= 4 is 0 Å². The second kappa shape index (κ2) is 4.92. The third-order valence-electron chi connectivity index (χ3n) is 5.26. The number of benzene rings is 1. The molecule has 0 radical (unpaired) electrons. The van der Waals surface area contributed by atoms with Crippen LogP contribution < -0.4 is 5.73 Å². The average molecular weight is 258 g/mol. The van der Waals surface area contributed by atoms with Crippen LogP contribution in [0, 0.1) is 5.92 Å². The Labute approximate surface area is 117 Å². The van der Waals surface area contributed by atoms with E-state index in [1.807, 2.05) is 0 Å². The summed E-state index contributed by atoms with van der Waals surface area (Å²) in [5, 5.41) is 0. The van der Waals surface area contributed by atoms with Crippen LogP contribution in [0.5, 0.6) is 0 Å². The van der Waals surface area contributed by atoms with Gasteiger partial charge in [-0.25, -0.2) is 0 Å². The lowest BCUT2D eigenvalue weighted by Crippen LogP contribution is -2.60. The fraction of sp³-hybridized carbons (Fsp3) is 0.647. The zero-order chi connectivity index (χ0) is 13.5. The summed E-state index contributed by atoms with van der Waals surface area (Å²) in [4.78, 5) is 2.72. The summed E-state index contributed by atoms with van der Waals surface area (Å²) in [5.74, 6) is 0.809. The first-order chi connectivity index (χ1) is 9.14. The van der Waals surface area contributed by atoms with Crippen molar-refractivity contribution in [2.24, 2.45) is 11.7 Å². The monoisotopic (exact) mass is 258 g/mol. The van der Waals surface area contributed by atoms with Gasteiger partial charge in [0, 0.05) is 24.7 Å². The van der Waals surface area contributed by atoms with E-state index < -0.39 is 0 Å². The predicted octanol–water partition coefficient (Wildman–Crippen LogP) is 2.60. The highest BCUT2D eigenvalue weighted by molar-refractivity contribution is 5.37. The van der Waals surface area contributed by atoms with Gasteiger partial charge in [-0.05, 0) is 49.7 Å². The molecule has 0 bridgehead atoms. The summed E-state index contributed by atoms with van der Waals surface area (Å²) >= 11 is 0. The minimum absolute atomic E-state index is 0.178. The molecule has 2 nitrogen and oxygen atoms in total. The van der Waals surface area contributed by atoms with Gasteiger partial charge >= 0.3 is 0 Å². The Morgan fingerprint density at radius 1 is 1.16 bits per heavy atom. The Balaban J connectivity index is 1.89. The first-order valence-electron chi connectivity index (χ1n) is 7.68. The number of nitrogens with zero attached hydrogens (tertiary/aromatic N) is 1. The van der Waals surface area contributed by atoms with Gasteiger partial charge in [-0.15, -0.1) is 0 Å². The molecule has 19 heavy (non-hydrogen) atoms. The van der Waals surface area contributed by atoms with E-state index in [1.54, 1.807) is 0 Å². The Kier molecular flexibility index (Phi) is 3.40. The van der Waals surface area contributed by atoms with E-state index in [9.17, 15) is 0 Å². The molecule has 1 fully saturated rings. The van der Waals surface area contributed by atoms with Crippen molar-refractivity contribution in [1.29, 1.82) is 0 Å². The van der Waals surface area contributed by atoms with Crippen LogP contribution in [0.1, 0.15) is 37.8 Å². The maximum Gasteiger partial charge on any atom is 0.0415 e. The molecule has 0 saturated carbocycles. The number of hydrogen-bond acceptors (Lipinski definition) is 2. The molecule has 1 heterocycles. The summed E-state index contributed by atoms with van der Waals surface area (Å²) < 4.78 is 0. The first kappa shape index (κ1) is 13.1. The van der Waals surface area contributed by atoms with Gasteiger partial charge in [0.2, 0.25) is 0 Å². The molecular weight excluding hydrogens is 232 g/mol. The molecule has 2 atom stereocenters. The first-order valence-corrected chi connectivity index (χ1v) is 7.68. The quantitative estimate of drug-likeness (QED) is 0.883. The van der Waals surface area contributed by atoms with Gasteiger partial charge in [0.15, 0.2) is 0 Å². The number of fused-ring (bicyclic) bond motifs is 1. The summed E-state index contributed by atoms with van der Waals surface area (Å²) in [6.45, 7) is 6.75. The van der Waals surface area contributed by atoms with E-state index in [2.05, 4.69) is 43.0 Å². The van der Waals surface area contributed by atoms with E-state index >= 15 is 0 Å². The van der Waals surface area contributed by atoms with E-state index in [-0.39, 0.29) is 5.54 Å². The summed E-state index contributed by atoms with van der Waals surface area (Å²) in [6, 6.07) is 9.56. The van der Waals surface area contributed by atoms with Crippen molar-refractivity contribution in [2.75, 3.05) is 13.1 Å². The summed E-state index contributed by atoms with van der Waals surface area (Å²) in [7, 11) is 0. The minimum Gasteiger partial charge on any atom is -0.329 e. The van der Waals surface area contributed by atoms with E-state index in [0.29, 0.717) is 6.04 Å². The fourth-order valence-corrected chi connectivity index (χ4v) is 4.09. The van der Waals surface area contributed by atoms with Crippen molar-refractivity contribution in [3.63, 3.8) is 0 Å². The van der Waals surface area contributed by atoms with Crippen LogP contribution >= 0.6 is 0 Å². The molecule has 1 aliphatic carbocycles. The van der Waals surface area contributed by atoms with Crippen molar-refractivity contribution < 1.29 is 0 Å². The van der Waals surface area contributed by atoms with Gasteiger partial charge in [0.25, 0.3) is 0 Å². The Bertz CT molecular complexity index is 429. The summed E-state index contributed by atoms with van der Waals surface area (Å²) in [5.41, 5.74) is 9.45. The van der Waals surface area contributed by atoms with Gasteiger partial charge in [-0.2, -0.15) is 0 Å². The molecule has 0 aromatic heterocycles. The molecule has 2 aliphatic rings. The van der Waals surface area contributed by atoms with Crippen LogP contribution in [-0.2, 0) is 12.8 Å². The maximum atomic E-state index is 6.25. The summed E-state index contributed by atoms with van der Waals surface area (Å²) in [6.07, 6.45) is 4.96. The van der Waals surface area contributed by atoms with Crippen LogP contribution in [0.4, 0.5) is 0 Å². The maximum absolute atomic E-state index is 6.25. The van der Waals surface area contributed by atoms with Gasteiger partial charge in [0.1, 0.15) is 0 Å². The highest BCUT2D eigenvalue weighted by Crippen LogP contribution is 2.38. The van der Waals surface area contributed by atoms with Crippen LogP contribution in [0.25, 0.3) is 0 Å². The van der Waals surface area contributed by atoms with Crippen LogP contribution in [0.2, 0.25) is 0 Å². The average Bonchev–Trinajstić information content (AvgIpc) is 2.81. The van der Waals surface area contributed by atoms with Crippen molar-refractivity contribution in [1.82, 2.24) is 4.90 Å². The standard InChI is InChI=1S/C17H26N2/c1-13-7-8-14(2)19(11-13)17(12-18)9-15-5-3-4-6-16(15)10-17/h3-6,13-14H,7-12,18H2,1-2H3. The lowest BCUT2D eigenvalue weighted by Gasteiger charge is -2.48. The molecule has 2 unspecified atom stereocenters.